The highest BCUT2D eigenvalue weighted by molar-refractivity contribution is 9.10. The van der Waals surface area contributed by atoms with Crippen molar-refractivity contribution in [3.05, 3.63) is 34.1 Å². The van der Waals surface area contributed by atoms with Gasteiger partial charge in [0.15, 0.2) is 0 Å². The molecule has 0 bridgehead atoms. The molecule has 0 spiro atoms. The lowest BCUT2D eigenvalue weighted by atomic mass is 9.90. The zero-order valence-electron chi connectivity index (χ0n) is 12.8. The topological polar surface area (TPSA) is 15.3 Å². The van der Waals surface area contributed by atoms with Gasteiger partial charge < -0.3 is 5.32 Å². The normalized spacial score (nSPS) is 30.6. The molecule has 1 saturated carbocycles. The zero-order chi connectivity index (χ0) is 15.0. The van der Waals surface area contributed by atoms with Crippen LogP contribution >= 0.6 is 15.9 Å². The molecule has 0 amide bonds. The molecule has 1 N–H and O–H groups in total. The summed E-state index contributed by atoms with van der Waals surface area (Å²) >= 11 is 3.33. The average Bonchev–Trinajstić information content (AvgIpc) is 3.27. The molecular weight excluding hydrogens is 331 g/mol. The second-order valence-electron chi connectivity index (χ2n) is 6.78. The van der Waals surface area contributed by atoms with Crippen molar-refractivity contribution in [1.29, 1.82) is 0 Å². The first kappa shape index (κ1) is 15.4. The van der Waals surface area contributed by atoms with Gasteiger partial charge in [-0.3, -0.25) is 4.90 Å². The summed E-state index contributed by atoms with van der Waals surface area (Å²) in [5, 5.41) is 3.76. The standard InChI is InChI=1S/C17H24BrFN2/c1-3-15-9-20-17(2,13-5-6-13)11-21(15)10-12-4-7-14(18)8-16(12)19/h4,7-8,13,15,20H,3,5-6,9-11H2,1-2H3. The first-order valence-corrected chi connectivity index (χ1v) is 8.74. The minimum absolute atomic E-state index is 0.106. The third kappa shape index (κ3) is 3.33. The van der Waals surface area contributed by atoms with Crippen LogP contribution in [0.1, 0.15) is 38.7 Å². The molecule has 2 atom stereocenters. The largest absolute Gasteiger partial charge is 0.308 e. The van der Waals surface area contributed by atoms with Gasteiger partial charge in [-0.1, -0.05) is 28.9 Å². The van der Waals surface area contributed by atoms with Gasteiger partial charge in [0, 0.05) is 41.3 Å². The highest BCUT2D eigenvalue weighted by Crippen LogP contribution is 2.41. The van der Waals surface area contributed by atoms with Gasteiger partial charge in [0.2, 0.25) is 0 Å². The Bertz CT molecular complexity index is 518. The summed E-state index contributed by atoms with van der Waals surface area (Å²) in [5.41, 5.74) is 1.01. The van der Waals surface area contributed by atoms with E-state index in [9.17, 15) is 4.39 Å². The zero-order valence-corrected chi connectivity index (χ0v) is 14.4. The number of nitrogens with one attached hydrogen (secondary N) is 1. The number of benzene rings is 1. The minimum Gasteiger partial charge on any atom is -0.308 e. The van der Waals surface area contributed by atoms with Crippen molar-refractivity contribution >= 4 is 15.9 Å². The van der Waals surface area contributed by atoms with Gasteiger partial charge in [0.05, 0.1) is 0 Å². The molecule has 1 aliphatic carbocycles. The molecule has 2 fully saturated rings. The van der Waals surface area contributed by atoms with Gasteiger partial charge in [0.1, 0.15) is 5.82 Å². The summed E-state index contributed by atoms with van der Waals surface area (Å²) < 4.78 is 14.9. The van der Waals surface area contributed by atoms with Crippen LogP contribution in [-0.4, -0.2) is 29.6 Å². The number of nitrogens with zero attached hydrogens (tertiary/aromatic N) is 1. The Kier molecular flexibility index (Phi) is 4.40. The Labute approximate surface area is 135 Å². The SMILES string of the molecule is CCC1CNC(C)(C2CC2)CN1Cc1ccc(Br)cc1F. The number of piperazine rings is 1. The first-order valence-electron chi connectivity index (χ1n) is 7.95. The highest BCUT2D eigenvalue weighted by atomic mass is 79.9. The second kappa shape index (κ2) is 5.98. The van der Waals surface area contributed by atoms with Gasteiger partial charge in [-0.15, -0.1) is 0 Å². The smallest absolute Gasteiger partial charge is 0.128 e. The summed E-state index contributed by atoms with van der Waals surface area (Å²) in [6.07, 6.45) is 3.77. The maximum absolute atomic E-state index is 14.1. The van der Waals surface area contributed by atoms with E-state index in [1.54, 1.807) is 6.07 Å². The van der Waals surface area contributed by atoms with E-state index >= 15 is 0 Å². The molecule has 2 unspecified atom stereocenters. The number of hydrogen-bond donors (Lipinski definition) is 1. The molecule has 1 aromatic rings. The fourth-order valence-corrected chi connectivity index (χ4v) is 3.87. The summed E-state index contributed by atoms with van der Waals surface area (Å²) in [6, 6.07) is 5.91. The Balaban J connectivity index is 1.76. The molecule has 1 aromatic carbocycles. The minimum atomic E-state index is -0.106. The molecule has 116 valence electrons. The van der Waals surface area contributed by atoms with E-state index in [0.717, 1.165) is 35.5 Å². The molecule has 4 heteroatoms. The quantitative estimate of drug-likeness (QED) is 0.880. The summed E-state index contributed by atoms with van der Waals surface area (Å²) in [6.45, 7) is 7.30. The third-order valence-corrected chi connectivity index (χ3v) is 5.62. The van der Waals surface area contributed by atoms with Gasteiger partial charge >= 0.3 is 0 Å². The highest BCUT2D eigenvalue weighted by Gasteiger charge is 2.45. The van der Waals surface area contributed by atoms with Crippen LogP contribution in [0.2, 0.25) is 0 Å². The van der Waals surface area contributed by atoms with E-state index in [4.69, 9.17) is 0 Å². The van der Waals surface area contributed by atoms with Crippen LogP contribution in [0, 0.1) is 11.7 Å². The Morgan fingerprint density at radius 3 is 2.81 bits per heavy atom. The fraction of sp³-hybridized carbons (Fsp3) is 0.647. The van der Waals surface area contributed by atoms with Gasteiger partial charge in [-0.05, 0) is 44.2 Å². The van der Waals surface area contributed by atoms with Crippen molar-refractivity contribution in [2.45, 2.75) is 51.2 Å². The van der Waals surface area contributed by atoms with Gasteiger partial charge in [-0.25, -0.2) is 4.39 Å². The molecule has 1 heterocycles. The lowest BCUT2D eigenvalue weighted by molar-refractivity contribution is 0.0657. The molecular formula is C17H24BrFN2. The number of rotatable bonds is 4. The van der Waals surface area contributed by atoms with E-state index in [2.05, 4.69) is 40.0 Å². The van der Waals surface area contributed by atoms with E-state index in [0.29, 0.717) is 12.6 Å². The summed E-state index contributed by atoms with van der Waals surface area (Å²) in [5.74, 6) is 0.693. The first-order chi connectivity index (χ1) is 10.0. The Hall–Kier alpha value is -0.450. The van der Waals surface area contributed by atoms with Gasteiger partial charge in [-0.2, -0.15) is 0 Å². The fourth-order valence-electron chi connectivity index (χ4n) is 3.54. The van der Waals surface area contributed by atoms with E-state index < -0.39 is 0 Å². The van der Waals surface area contributed by atoms with Crippen LogP contribution in [0.3, 0.4) is 0 Å². The predicted octanol–water partition coefficient (Wildman–Crippen LogP) is 3.94. The van der Waals surface area contributed by atoms with Crippen molar-refractivity contribution in [3.63, 3.8) is 0 Å². The predicted molar refractivity (Wildman–Crippen MR) is 87.7 cm³/mol. The van der Waals surface area contributed by atoms with Crippen LogP contribution in [0.15, 0.2) is 22.7 Å². The lowest BCUT2D eigenvalue weighted by Crippen LogP contribution is -2.63. The van der Waals surface area contributed by atoms with Crippen molar-refractivity contribution in [2.75, 3.05) is 13.1 Å². The van der Waals surface area contributed by atoms with Crippen molar-refractivity contribution in [1.82, 2.24) is 10.2 Å². The van der Waals surface area contributed by atoms with Crippen LogP contribution in [-0.2, 0) is 6.54 Å². The maximum atomic E-state index is 14.1. The molecule has 3 rings (SSSR count). The van der Waals surface area contributed by atoms with Crippen molar-refractivity contribution < 1.29 is 4.39 Å². The maximum Gasteiger partial charge on any atom is 0.128 e. The van der Waals surface area contributed by atoms with Crippen molar-refractivity contribution in [2.24, 2.45) is 5.92 Å². The molecule has 1 aliphatic heterocycles. The molecule has 0 aromatic heterocycles. The van der Waals surface area contributed by atoms with E-state index in [1.165, 1.54) is 12.8 Å². The molecule has 1 saturated heterocycles. The van der Waals surface area contributed by atoms with Crippen LogP contribution in [0.5, 0.6) is 0 Å². The number of hydrogen-bond acceptors (Lipinski definition) is 2. The summed E-state index contributed by atoms with van der Waals surface area (Å²) in [7, 11) is 0. The van der Waals surface area contributed by atoms with E-state index in [1.807, 2.05) is 12.1 Å². The Morgan fingerprint density at radius 2 is 2.19 bits per heavy atom. The second-order valence-corrected chi connectivity index (χ2v) is 7.69. The van der Waals surface area contributed by atoms with Crippen molar-refractivity contribution in [3.8, 4) is 0 Å². The van der Waals surface area contributed by atoms with Crippen LogP contribution in [0.25, 0.3) is 0 Å². The average molecular weight is 355 g/mol. The van der Waals surface area contributed by atoms with Crippen LogP contribution < -0.4 is 5.32 Å². The molecule has 2 nitrogen and oxygen atoms in total. The number of halogens is 2. The molecule has 21 heavy (non-hydrogen) atoms. The molecule has 2 aliphatic rings. The third-order valence-electron chi connectivity index (χ3n) is 5.13. The monoisotopic (exact) mass is 354 g/mol. The summed E-state index contributed by atoms with van der Waals surface area (Å²) in [4.78, 5) is 2.47. The van der Waals surface area contributed by atoms with Gasteiger partial charge in [0.25, 0.3) is 0 Å². The molecule has 0 radical (unpaired) electrons. The van der Waals surface area contributed by atoms with E-state index in [-0.39, 0.29) is 11.4 Å². The lowest BCUT2D eigenvalue weighted by Gasteiger charge is -2.46. The Morgan fingerprint density at radius 1 is 1.43 bits per heavy atom. The van der Waals surface area contributed by atoms with Crippen LogP contribution in [0.4, 0.5) is 4.39 Å².